The predicted molar refractivity (Wildman–Crippen MR) is 96.4 cm³/mol. The van der Waals surface area contributed by atoms with Gasteiger partial charge in [-0.25, -0.2) is 0 Å². The molecule has 27 heavy (non-hydrogen) atoms. The maximum Gasteiger partial charge on any atom is 0.190 e. The molecule has 4 rings (SSSR count). The van der Waals surface area contributed by atoms with E-state index in [9.17, 15) is 30.0 Å². The minimum atomic E-state index is -1.65. The molecule has 0 aromatic carbocycles. The Morgan fingerprint density at radius 3 is 2.67 bits per heavy atom. The average Bonchev–Trinajstić information content (AvgIpc) is 2.87. The van der Waals surface area contributed by atoms with Crippen molar-refractivity contribution in [2.45, 2.75) is 57.3 Å². The number of hydrogen-bond donors (Lipinski definition) is 4. The summed E-state index contributed by atoms with van der Waals surface area (Å²) >= 11 is 0. The molecule has 0 bridgehead atoms. The summed E-state index contributed by atoms with van der Waals surface area (Å²) in [4.78, 5) is 24.2. The van der Waals surface area contributed by atoms with Crippen molar-refractivity contribution in [1.29, 1.82) is 0 Å². The van der Waals surface area contributed by atoms with Crippen LogP contribution in [-0.4, -0.2) is 56.4 Å². The second kappa shape index (κ2) is 5.83. The van der Waals surface area contributed by atoms with E-state index in [0.717, 1.165) is 0 Å². The molecule has 0 unspecified atom stereocenters. The maximum atomic E-state index is 12.4. The van der Waals surface area contributed by atoms with E-state index in [2.05, 4.69) is 0 Å². The lowest BCUT2D eigenvalue weighted by Crippen LogP contribution is -2.63. The van der Waals surface area contributed by atoms with Crippen LogP contribution in [0.25, 0.3) is 0 Å². The Labute approximate surface area is 158 Å². The predicted octanol–water partition coefficient (Wildman–Crippen LogP) is 0.528. The standard InChI is InChI=1S/C21H28O6/c1-19-5-3-11(23)7-14(19)15(24)8-12-13-4-6-21(27,17(26)10-22)20(13,2)9-16(25)18(12)19/h3,5,7,12-13,15-16,18,22,24-25,27H,4,6,8-10H2,1-2H3/t12-,13-,15-,16-,18+,19-,20-,21-/m0/s1. The Balaban J connectivity index is 1.78. The number of aliphatic hydroxyl groups is 4. The normalized spacial score (nSPS) is 51.3. The molecule has 0 aromatic heterocycles. The summed E-state index contributed by atoms with van der Waals surface area (Å²) in [5, 5.41) is 42.5. The Bertz CT molecular complexity index is 756. The van der Waals surface area contributed by atoms with E-state index in [1.165, 1.54) is 12.2 Å². The van der Waals surface area contributed by atoms with Gasteiger partial charge < -0.3 is 20.4 Å². The maximum absolute atomic E-state index is 12.4. The van der Waals surface area contributed by atoms with Gasteiger partial charge in [0.15, 0.2) is 11.6 Å². The van der Waals surface area contributed by atoms with Crippen LogP contribution in [0.15, 0.2) is 23.8 Å². The summed E-state index contributed by atoms with van der Waals surface area (Å²) in [5.41, 5.74) is -2.48. The summed E-state index contributed by atoms with van der Waals surface area (Å²) in [6.45, 7) is 3.06. The Kier molecular flexibility index (Phi) is 4.10. The Hall–Kier alpha value is -1.34. The number of carbonyl (C=O) groups excluding carboxylic acids is 2. The van der Waals surface area contributed by atoms with Gasteiger partial charge in [-0.05, 0) is 55.2 Å². The molecule has 3 fully saturated rings. The Morgan fingerprint density at radius 2 is 2.00 bits per heavy atom. The molecular weight excluding hydrogens is 348 g/mol. The van der Waals surface area contributed by atoms with Gasteiger partial charge in [0.1, 0.15) is 12.2 Å². The molecule has 0 radical (unpaired) electrons. The molecule has 4 aliphatic carbocycles. The fraction of sp³-hybridized carbons (Fsp3) is 0.714. The highest BCUT2D eigenvalue weighted by Crippen LogP contribution is 2.67. The Morgan fingerprint density at radius 1 is 1.30 bits per heavy atom. The van der Waals surface area contributed by atoms with Crippen LogP contribution in [0.5, 0.6) is 0 Å². The first-order valence-electron chi connectivity index (χ1n) is 9.76. The SMILES string of the molecule is C[C@]12C=CC(=O)C=C1[C@@H](O)C[C@@H]1[C@@H]2[C@@H](O)C[C@@]2(C)[C@H]1CC[C@]2(O)C(=O)CO. The van der Waals surface area contributed by atoms with Gasteiger partial charge in [0.25, 0.3) is 0 Å². The van der Waals surface area contributed by atoms with Crippen LogP contribution in [-0.2, 0) is 9.59 Å². The number of aliphatic hydroxyl groups excluding tert-OH is 3. The molecular formula is C21H28O6. The first-order chi connectivity index (χ1) is 12.6. The molecule has 0 amide bonds. The van der Waals surface area contributed by atoms with Gasteiger partial charge in [0, 0.05) is 16.7 Å². The fourth-order valence-electron chi connectivity index (χ4n) is 6.97. The van der Waals surface area contributed by atoms with Crippen molar-refractivity contribution >= 4 is 11.6 Å². The molecule has 0 heterocycles. The summed E-state index contributed by atoms with van der Waals surface area (Å²) < 4.78 is 0. The number of rotatable bonds is 2. The van der Waals surface area contributed by atoms with Crippen LogP contribution in [0.3, 0.4) is 0 Å². The van der Waals surface area contributed by atoms with E-state index < -0.39 is 41.0 Å². The van der Waals surface area contributed by atoms with Crippen molar-refractivity contribution in [3.05, 3.63) is 23.8 Å². The van der Waals surface area contributed by atoms with Crippen LogP contribution >= 0.6 is 0 Å². The number of Topliss-reactive ketones (excluding diaryl/α,β-unsaturated/α-hetero) is 1. The van der Waals surface area contributed by atoms with E-state index in [4.69, 9.17) is 0 Å². The van der Waals surface area contributed by atoms with Crippen LogP contribution in [0.1, 0.15) is 39.5 Å². The van der Waals surface area contributed by atoms with Crippen molar-refractivity contribution in [3.8, 4) is 0 Å². The van der Waals surface area contributed by atoms with Crippen molar-refractivity contribution in [1.82, 2.24) is 0 Å². The van der Waals surface area contributed by atoms with Crippen LogP contribution < -0.4 is 0 Å². The largest absolute Gasteiger partial charge is 0.393 e. The zero-order valence-corrected chi connectivity index (χ0v) is 15.8. The van der Waals surface area contributed by atoms with Gasteiger partial charge >= 0.3 is 0 Å². The molecule has 4 N–H and O–H groups in total. The van der Waals surface area contributed by atoms with Crippen LogP contribution in [0, 0.1) is 28.6 Å². The first kappa shape index (κ1) is 19.0. The lowest BCUT2D eigenvalue weighted by Gasteiger charge is -2.60. The van der Waals surface area contributed by atoms with Gasteiger partial charge in [-0.1, -0.05) is 19.9 Å². The van der Waals surface area contributed by atoms with Crippen molar-refractivity contribution in [2.24, 2.45) is 28.6 Å². The monoisotopic (exact) mass is 376 g/mol. The molecule has 8 atom stereocenters. The molecule has 0 aliphatic heterocycles. The number of carbonyl (C=O) groups is 2. The molecule has 0 spiro atoms. The quantitative estimate of drug-likeness (QED) is 0.559. The van der Waals surface area contributed by atoms with E-state index in [1.54, 1.807) is 6.08 Å². The fourth-order valence-corrected chi connectivity index (χ4v) is 6.97. The molecule has 0 saturated heterocycles. The number of allylic oxidation sites excluding steroid dienone is 3. The molecule has 148 valence electrons. The van der Waals surface area contributed by atoms with Crippen molar-refractivity contribution in [3.63, 3.8) is 0 Å². The number of fused-ring (bicyclic) bond motifs is 5. The highest BCUT2D eigenvalue weighted by Gasteiger charge is 2.68. The van der Waals surface area contributed by atoms with E-state index in [1.807, 2.05) is 13.8 Å². The van der Waals surface area contributed by atoms with Gasteiger partial charge in [-0.15, -0.1) is 0 Å². The highest BCUT2D eigenvalue weighted by atomic mass is 16.3. The van der Waals surface area contributed by atoms with Gasteiger partial charge in [-0.3, -0.25) is 9.59 Å². The van der Waals surface area contributed by atoms with E-state index >= 15 is 0 Å². The topological polar surface area (TPSA) is 115 Å². The van der Waals surface area contributed by atoms with E-state index in [-0.39, 0.29) is 36.4 Å². The third kappa shape index (κ3) is 2.27. The van der Waals surface area contributed by atoms with Gasteiger partial charge in [0.2, 0.25) is 0 Å². The van der Waals surface area contributed by atoms with Gasteiger partial charge in [0.05, 0.1) is 12.2 Å². The summed E-state index contributed by atoms with van der Waals surface area (Å²) in [5.74, 6) is -1.08. The van der Waals surface area contributed by atoms with E-state index in [0.29, 0.717) is 18.4 Å². The highest BCUT2D eigenvalue weighted by molar-refractivity contribution is 6.01. The van der Waals surface area contributed by atoms with Gasteiger partial charge in [-0.2, -0.15) is 0 Å². The lowest BCUT2D eigenvalue weighted by molar-refractivity contribution is -0.182. The average molecular weight is 376 g/mol. The zero-order valence-electron chi connectivity index (χ0n) is 15.8. The molecule has 3 saturated carbocycles. The summed E-state index contributed by atoms with van der Waals surface area (Å²) in [6, 6.07) is 0. The minimum absolute atomic E-state index is 0.0505. The van der Waals surface area contributed by atoms with Crippen LogP contribution in [0.4, 0.5) is 0 Å². The summed E-state index contributed by atoms with van der Waals surface area (Å²) in [6.07, 6.45) is 4.73. The molecule has 6 heteroatoms. The second-order valence-corrected chi connectivity index (χ2v) is 9.33. The lowest BCUT2D eigenvalue weighted by atomic mass is 9.45. The smallest absolute Gasteiger partial charge is 0.190 e. The zero-order chi connectivity index (χ0) is 19.8. The third-order valence-electron chi connectivity index (χ3n) is 8.27. The second-order valence-electron chi connectivity index (χ2n) is 9.33. The minimum Gasteiger partial charge on any atom is -0.393 e. The van der Waals surface area contributed by atoms with Crippen molar-refractivity contribution < 1.29 is 30.0 Å². The molecule has 4 aliphatic rings. The molecule has 0 aromatic rings. The third-order valence-corrected chi connectivity index (χ3v) is 8.27. The van der Waals surface area contributed by atoms with Crippen LogP contribution in [0.2, 0.25) is 0 Å². The van der Waals surface area contributed by atoms with Crippen molar-refractivity contribution in [2.75, 3.05) is 6.61 Å². The number of hydrogen-bond acceptors (Lipinski definition) is 6. The summed E-state index contributed by atoms with van der Waals surface area (Å²) in [7, 11) is 0. The number of ketones is 2. The first-order valence-corrected chi connectivity index (χ1v) is 9.76. The molecule has 6 nitrogen and oxygen atoms in total.